The minimum absolute atomic E-state index is 0.0228. The molecule has 0 bridgehead atoms. The lowest BCUT2D eigenvalue weighted by Gasteiger charge is -2.17. The molecule has 126 valence electrons. The van der Waals surface area contributed by atoms with Gasteiger partial charge in [0.15, 0.2) is 0 Å². The van der Waals surface area contributed by atoms with E-state index in [1.807, 2.05) is 16.1 Å². The van der Waals surface area contributed by atoms with Crippen LogP contribution in [-0.2, 0) is 17.8 Å². The summed E-state index contributed by atoms with van der Waals surface area (Å²) >= 11 is 3.23. The van der Waals surface area contributed by atoms with Crippen molar-refractivity contribution >= 4 is 28.6 Å². The second-order valence-electron chi connectivity index (χ2n) is 5.89. The maximum Gasteiger partial charge on any atom is 0.240 e. The second kappa shape index (κ2) is 7.72. The first kappa shape index (κ1) is 16.9. The number of aromatic nitrogens is 3. The summed E-state index contributed by atoms with van der Waals surface area (Å²) in [5.74, 6) is 1.19. The van der Waals surface area contributed by atoms with Crippen molar-refractivity contribution in [1.82, 2.24) is 19.9 Å². The van der Waals surface area contributed by atoms with Gasteiger partial charge in [0.25, 0.3) is 0 Å². The molecular weight excluding hydrogens is 340 g/mol. The third-order valence-electron chi connectivity index (χ3n) is 3.68. The zero-order valence-electron chi connectivity index (χ0n) is 13.7. The summed E-state index contributed by atoms with van der Waals surface area (Å²) in [6, 6.07) is 1.99. The number of amides is 1. The van der Waals surface area contributed by atoms with Gasteiger partial charge in [-0.05, 0) is 22.4 Å². The number of imidazole rings is 1. The fourth-order valence-corrected chi connectivity index (χ4v) is 3.97. The number of carbonyl (C=O) groups is 1. The summed E-state index contributed by atoms with van der Waals surface area (Å²) in [4.78, 5) is 21.3. The van der Waals surface area contributed by atoms with Crippen LogP contribution in [0.4, 0.5) is 0 Å². The van der Waals surface area contributed by atoms with Crippen molar-refractivity contribution in [3.8, 4) is 0 Å². The third-order valence-corrected chi connectivity index (χ3v) is 5.30. The van der Waals surface area contributed by atoms with Crippen LogP contribution in [0, 0.1) is 0 Å². The van der Waals surface area contributed by atoms with Gasteiger partial charge in [-0.3, -0.25) is 4.79 Å². The molecule has 1 N–H and O–H groups in total. The molecule has 3 rings (SSSR count). The van der Waals surface area contributed by atoms with Gasteiger partial charge in [-0.2, -0.15) is 11.3 Å². The lowest BCUT2D eigenvalue weighted by Crippen LogP contribution is -2.33. The molecule has 0 aliphatic rings. The number of carbonyl (C=O) groups excluding carboxylic acids is 1. The molecule has 1 amide bonds. The molecule has 0 aromatic carbocycles. The maximum atomic E-state index is 12.5. The largest absolute Gasteiger partial charge is 0.345 e. The zero-order valence-corrected chi connectivity index (χ0v) is 15.3. The molecule has 3 aromatic rings. The van der Waals surface area contributed by atoms with Gasteiger partial charge in [0, 0.05) is 36.3 Å². The van der Waals surface area contributed by atoms with Crippen molar-refractivity contribution in [3.63, 3.8) is 0 Å². The molecule has 7 heteroatoms. The molecule has 5 nitrogen and oxygen atoms in total. The standard InChI is InChI=1S/C17H20N4OS2/c1-12(2)16-18-4-6-21(16)10-15(22)20-14(17-19-5-8-24-17)9-13-3-7-23-11-13/h3-8,11-12,14H,9-10H2,1-2H3,(H,20,22)/t14-/m1/s1. The van der Waals surface area contributed by atoms with Crippen LogP contribution >= 0.6 is 22.7 Å². The second-order valence-corrected chi connectivity index (χ2v) is 7.60. The van der Waals surface area contributed by atoms with Crippen LogP contribution in [0.5, 0.6) is 0 Å². The minimum Gasteiger partial charge on any atom is -0.345 e. The van der Waals surface area contributed by atoms with Crippen molar-refractivity contribution in [2.45, 2.75) is 38.8 Å². The molecule has 3 aromatic heterocycles. The number of thiophene rings is 1. The first-order valence-corrected chi connectivity index (χ1v) is 9.66. The molecule has 0 aliphatic carbocycles. The van der Waals surface area contributed by atoms with Crippen molar-refractivity contribution in [1.29, 1.82) is 0 Å². The molecule has 0 fully saturated rings. The van der Waals surface area contributed by atoms with E-state index < -0.39 is 0 Å². The minimum atomic E-state index is -0.0990. The highest BCUT2D eigenvalue weighted by molar-refractivity contribution is 7.09. The Labute approximate surface area is 149 Å². The van der Waals surface area contributed by atoms with E-state index in [2.05, 4.69) is 46.0 Å². The Morgan fingerprint density at radius 2 is 2.17 bits per heavy atom. The van der Waals surface area contributed by atoms with Crippen LogP contribution < -0.4 is 5.32 Å². The Balaban J connectivity index is 1.70. The molecule has 3 heterocycles. The topological polar surface area (TPSA) is 59.8 Å². The highest BCUT2D eigenvalue weighted by Gasteiger charge is 2.19. The van der Waals surface area contributed by atoms with Gasteiger partial charge in [0.05, 0.1) is 6.04 Å². The summed E-state index contributed by atoms with van der Waals surface area (Å²) in [6.07, 6.45) is 6.13. The van der Waals surface area contributed by atoms with Crippen LogP contribution in [-0.4, -0.2) is 20.4 Å². The quantitative estimate of drug-likeness (QED) is 0.700. The van der Waals surface area contributed by atoms with E-state index in [9.17, 15) is 4.79 Å². The van der Waals surface area contributed by atoms with E-state index in [-0.39, 0.29) is 24.4 Å². The van der Waals surface area contributed by atoms with Gasteiger partial charge >= 0.3 is 0 Å². The van der Waals surface area contributed by atoms with E-state index in [1.54, 1.807) is 35.1 Å². The fourth-order valence-electron chi connectivity index (χ4n) is 2.60. The maximum absolute atomic E-state index is 12.5. The Hall–Kier alpha value is -1.99. The first-order chi connectivity index (χ1) is 11.6. The molecule has 0 spiro atoms. The summed E-state index contributed by atoms with van der Waals surface area (Å²) in [7, 11) is 0. The Bertz CT molecular complexity index is 762. The van der Waals surface area contributed by atoms with Gasteiger partial charge in [-0.25, -0.2) is 9.97 Å². The number of rotatable bonds is 7. The van der Waals surface area contributed by atoms with Crippen molar-refractivity contribution in [3.05, 3.63) is 57.2 Å². The number of thiazole rings is 1. The molecule has 0 saturated carbocycles. The van der Waals surface area contributed by atoms with Crippen LogP contribution in [0.15, 0.2) is 40.8 Å². The Morgan fingerprint density at radius 3 is 2.83 bits per heavy atom. The van der Waals surface area contributed by atoms with E-state index in [4.69, 9.17) is 0 Å². The fraction of sp³-hybridized carbons (Fsp3) is 0.353. The highest BCUT2D eigenvalue weighted by Crippen LogP contribution is 2.22. The van der Waals surface area contributed by atoms with Gasteiger partial charge in [-0.15, -0.1) is 11.3 Å². The Morgan fingerprint density at radius 1 is 1.29 bits per heavy atom. The molecule has 0 radical (unpaired) electrons. The molecule has 0 unspecified atom stereocenters. The molecule has 0 saturated heterocycles. The number of hydrogen-bond donors (Lipinski definition) is 1. The molecule has 24 heavy (non-hydrogen) atoms. The summed E-state index contributed by atoms with van der Waals surface area (Å²) in [5.41, 5.74) is 1.21. The van der Waals surface area contributed by atoms with Crippen molar-refractivity contribution in [2.75, 3.05) is 0 Å². The van der Waals surface area contributed by atoms with Crippen LogP contribution in [0.3, 0.4) is 0 Å². The smallest absolute Gasteiger partial charge is 0.240 e. The predicted molar refractivity (Wildman–Crippen MR) is 97.3 cm³/mol. The normalized spacial score (nSPS) is 12.5. The lowest BCUT2D eigenvalue weighted by molar-refractivity contribution is -0.122. The van der Waals surface area contributed by atoms with Crippen molar-refractivity contribution in [2.24, 2.45) is 0 Å². The number of nitrogens with zero attached hydrogens (tertiary/aromatic N) is 3. The van der Waals surface area contributed by atoms with Crippen LogP contribution in [0.1, 0.15) is 42.2 Å². The summed E-state index contributed by atoms with van der Waals surface area (Å²) in [6.45, 7) is 4.43. The van der Waals surface area contributed by atoms with E-state index in [1.165, 1.54) is 5.56 Å². The van der Waals surface area contributed by atoms with E-state index >= 15 is 0 Å². The van der Waals surface area contributed by atoms with Gasteiger partial charge < -0.3 is 9.88 Å². The Kier molecular flexibility index (Phi) is 5.42. The van der Waals surface area contributed by atoms with Crippen molar-refractivity contribution < 1.29 is 4.79 Å². The third kappa shape index (κ3) is 4.10. The van der Waals surface area contributed by atoms with Gasteiger partial charge in [-0.1, -0.05) is 13.8 Å². The number of hydrogen-bond acceptors (Lipinski definition) is 5. The zero-order chi connectivity index (χ0) is 16.9. The molecular formula is C17H20N4OS2. The van der Waals surface area contributed by atoms with Crippen LogP contribution in [0.25, 0.3) is 0 Å². The van der Waals surface area contributed by atoms with E-state index in [0.29, 0.717) is 0 Å². The lowest BCUT2D eigenvalue weighted by atomic mass is 10.1. The van der Waals surface area contributed by atoms with E-state index in [0.717, 1.165) is 17.3 Å². The predicted octanol–water partition coefficient (Wildman–Crippen LogP) is 3.62. The number of nitrogens with one attached hydrogen (secondary N) is 1. The monoisotopic (exact) mass is 360 g/mol. The molecule has 0 aliphatic heterocycles. The molecule has 1 atom stereocenters. The summed E-state index contributed by atoms with van der Waals surface area (Å²) in [5, 5.41) is 10.2. The average molecular weight is 361 g/mol. The SMILES string of the molecule is CC(C)c1nccn1CC(=O)N[C@H](Cc1ccsc1)c1nccs1. The first-order valence-electron chi connectivity index (χ1n) is 7.84. The summed E-state index contributed by atoms with van der Waals surface area (Å²) < 4.78 is 1.91. The highest BCUT2D eigenvalue weighted by atomic mass is 32.1. The average Bonchev–Trinajstić information content (AvgIpc) is 3.29. The van der Waals surface area contributed by atoms with Gasteiger partial charge in [0.1, 0.15) is 17.4 Å². The van der Waals surface area contributed by atoms with Crippen LogP contribution in [0.2, 0.25) is 0 Å². The van der Waals surface area contributed by atoms with Gasteiger partial charge in [0.2, 0.25) is 5.91 Å².